The van der Waals surface area contributed by atoms with Gasteiger partial charge in [-0.15, -0.1) is 11.3 Å². The monoisotopic (exact) mass is 255 g/mol. The Labute approximate surface area is 107 Å². The van der Waals surface area contributed by atoms with Crippen LogP contribution >= 0.6 is 11.3 Å². The van der Waals surface area contributed by atoms with Crippen molar-refractivity contribution in [3.05, 3.63) is 16.3 Å². The maximum absolute atomic E-state index is 10.9. The summed E-state index contributed by atoms with van der Waals surface area (Å²) in [5, 5.41) is 10.9. The molecule has 3 nitrogen and oxygen atoms in total. The summed E-state index contributed by atoms with van der Waals surface area (Å²) in [6.45, 7) is 10.6. The Balaban J connectivity index is 2.83. The van der Waals surface area contributed by atoms with Crippen molar-refractivity contribution in [3.8, 4) is 0 Å². The number of rotatable bonds is 6. The lowest BCUT2D eigenvalue weighted by Crippen LogP contribution is -2.30. The molecule has 0 spiro atoms. The van der Waals surface area contributed by atoms with Crippen LogP contribution in [0.5, 0.6) is 0 Å². The van der Waals surface area contributed by atoms with Gasteiger partial charge in [-0.1, -0.05) is 27.7 Å². The Morgan fingerprint density at radius 3 is 2.18 bits per heavy atom. The lowest BCUT2D eigenvalue weighted by atomic mass is 10.1. The SMILES string of the molecule is CC(C)CN(CC(C)C)c1csc(C(=O)O)c1. The summed E-state index contributed by atoms with van der Waals surface area (Å²) < 4.78 is 0. The van der Waals surface area contributed by atoms with E-state index in [0.29, 0.717) is 16.7 Å². The van der Waals surface area contributed by atoms with Crippen LogP contribution in [-0.2, 0) is 0 Å². The maximum atomic E-state index is 10.9. The Morgan fingerprint density at radius 2 is 1.82 bits per heavy atom. The molecule has 0 bridgehead atoms. The number of hydrogen-bond acceptors (Lipinski definition) is 3. The molecule has 4 heteroatoms. The van der Waals surface area contributed by atoms with Crippen molar-refractivity contribution < 1.29 is 9.90 Å². The molecule has 0 amide bonds. The average molecular weight is 255 g/mol. The summed E-state index contributed by atoms with van der Waals surface area (Å²) in [6.07, 6.45) is 0. The summed E-state index contributed by atoms with van der Waals surface area (Å²) in [7, 11) is 0. The van der Waals surface area contributed by atoms with Crippen LogP contribution in [0.1, 0.15) is 37.4 Å². The van der Waals surface area contributed by atoms with Gasteiger partial charge >= 0.3 is 5.97 Å². The minimum absolute atomic E-state index is 0.414. The molecule has 0 saturated heterocycles. The first-order valence-electron chi connectivity index (χ1n) is 5.97. The molecular weight excluding hydrogens is 234 g/mol. The van der Waals surface area contributed by atoms with E-state index >= 15 is 0 Å². The fraction of sp³-hybridized carbons (Fsp3) is 0.615. The zero-order valence-corrected chi connectivity index (χ0v) is 11.8. The smallest absolute Gasteiger partial charge is 0.345 e. The molecule has 0 aliphatic carbocycles. The Bertz CT molecular complexity index is 361. The maximum Gasteiger partial charge on any atom is 0.345 e. The molecular formula is C13H21NO2S. The highest BCUT2D eigenvalue weighted by molar-refractivity contribution is 7.12. The van der Waals surface area contributed by atoms with Crippen molar-refractivity contribution in [2.45, 2.75) is 27.7 Å². The number of carboxylic acid groups (broad SMARTS) is 1. The largest absolute Gasteiger partial charge is 0.477 e. The van der Waals surface area contributed by atoms with E-state index in [1.165, 1.54) is 11.3 Å². The second-order valence-electron chi connectivity index (χ2n) is 5.17. The minimum Gasteiger partial charge on any atom is -0.477 e. The standard InChI is InChI=1S/C13H21NO2S/c1-9(2)6-14(7-10(3)4)11-5-12(13(15)16)17-8-11/h5,8-10H,6-7H2,1-4H3,(H,15,16). The molecule has 0 unspecified atom stereocenters. The van der Waals surface area contributed by atoms with Crippen LogP contribution in [0.3, 0.4) is 0 Å². The van der Waals surface area contributed by atoms with Crippen LogP contribution in [0.4, 0.5) is 5.69 Å². The molecule has 0 aliphatic heterocycles. The highest BCUT2D eigenvalue weighted by atomic mass is 32.1. The predicted molar refractivity (Wildman–Crippen MR) is 73.2 cm³/mol. The zero-order valence-electron chi connectivity index (χ0n) is 10.9. The number of nitrogens with zero attached hydrogens (tertiary/aromatic N) is 1. The second-order valence-corrected chi connectivity index (χ2v) is 6.08. The van der Waals surface area contributed by atoms with Gasteiger partial charge in [0.05, 0.1) is 0 Å². The first-order chi connectivity index (χ1) is 7.90. The summed E-state index contributed by atoms with van der Waals surface area (Å²) >= 11 is 1.30. The third-order valence-electron chi connectivity index (χ3n) is 2.33. The summed E-state index contributed by atoms with van der Waals surface area (Å²) in [6, 6.07) is 1.78. The number of hydrogen-bond donors (Lipinski definition) is 1. The highest BCUT2D eigenvalue weighted by Crippen LogP contribution is 2.24. The topological polar surface area (TPSA) is 40.5 Å². The normalized spacial score (nSPS) is 11.2. The molecule has 0 fully saturated rings. The van der Waals surface area contributed by atoms with Gasteiger partial charge in [0, 0.05) is 24.2 Å². The molecule has 1 rings (SSSR count). The quantitative estimate of drug-likeness (QED) is 0.845. The third kappa shape index (κ3) is 4.38. The van der Waals surface area contributed by atoms with E-state index in [1.807, 2.05) is 5.38 Å². The Morgan fingerprint density at radius 1 is 1.29 bits per heavy atom. The van der Waals surface area contributed by atoms with Crippen molar-refractivity contribution >= 4 is 23.0 Å². The molecule has 0 atom stereocenters. The first-order valence-corrected chi connectivity index (χ1v) is 6.85. The van der Waals surface area contributed by atoms with Gasteiger partial charge in [0.25, 0.3) is 0 Å². The number of aromatic carboxylic acids is 1. The number of anilines is 1. The number of thiophene rings is 1. The predicted octanol–water partition coefficient (Wildman–Crippen LogP) is 3.56. The average Bonchev–Trinajstić information content (AvgIpc) is 2.63. The van der Waals surface area contributed by atoms with Gasteiger partial charge in [0.2, 0.25) is 0 Å². The van der Waals surface area contributed by atoms with Gasteiger partial charge in [-0.05, 0) is 17.9 Å². The molecule has 1 aromatic rings. The minimum atomic E-state index is -0.838. The van der Waals surface area contributed by atoms with Crippen molar-refractivity contribution in [1.82, 2.24) is 0 Å². The molecule has 0 aliphatic rings. The van der Waals surface area contributed by atoms with Crippen LogP contribution in [-0.4, -0.2) is 24.2 Å². The van der Waals surface area contributed by atoms with E-state index in [9.17, 15) is 4.79 Å². The third-order valence-corrected chi connectivity index (χ3v) is 3.24. The molecule has 0 aromatic carbocycles. The zero-order chi connectivity index (χ0) is 13.0. The van der Waals surface area contributed by atoms with Crippen molar-refractivity contribution in [3.63, 3.8) is 0 Å². The molecule has 96 valence electrons. The van der Waals surface area contributed by atoms with Crippen molar-refractivity contribution in [2.24, 2.45) is 11.8 Å². The molecule has 17 heavy (non-hydrogen) atoms. The van der Waals surface area contributed by atoms with Crippen LogP contribution in [0.2, 0.25) is 0 Å². The summed E-state index contributed by atoms with van der Waals surface area (Å²) in [5.74, 6) is 0.305. The van der Waals surface area contributed by atoms with E-state index in [4.69, 9.17) is 5.11 Å². The molecule has 1 heterocycles. The van der Waals surface area contributed by atoms with E-state index in [1.54, 1.807) is 6.07 Å². The first kappa shape index (κ1) is 14.0. The fourth-order valence-corrected chi connectivity index (χ4v) is 2.53. The van der Waals surface area contributed by atoms with Crippen molar-refractivity contribution in [2.75, 3.05) is 18.0 Å². The van der Waals surface area contributed by atoms with Crippen LogP contribution < -0.4 is 4.90 Å². The number of carbonyl (C=O) groups is 1. The molecule has 1 aromatic heterocycles. The summed E-state index contributed by atoms with van der Waals surface area (Å²) in [5.41, 5.74) is 1.04. The Hall–Kier alpha value is -1.03. The van der Waals surface area contributed by atoms with Gasteiger partial charge in [-0.2, -0.15) is 0 Å². The van der Waals surface area contributed by atoms with E-state index in [0.717, 1.165) is 18.8 Å². The van der Waals surface area contributed by atoms with E-state index in [-0.39, 0.29) is 0 Å². The van der Waals surface area contributed by atoms with E-state index in [2.05, 4.69) is 32.6 Å². The van der Waals surface area contributed by atoms with Gasteiger partial charge in [-0.25, -0.2) is 4.79 Å². The van der Waals surface area contributed by atoms with E-state index < -0.39 is 5.97 Å². The lowest BCUT2D eigenvalue weighted by Gasteiger charge is -2.27. The molecule has 0 radical (unpaired) electrons. The van der Waals surface area contributed by atoms with Gasteiger partial charge < -0.3 is 10.0 Å². The highest BCUT2D eigenvalue weighted by Gasteiger charge is 2.14. The lowest BCUT2D eigenvalue weighted by molar-refractivity contribution is 0.0702. The van der Waals surface area contributed by atoms with Gasteiger partial charge in [0.1, 0.15) is 4.88 Å². The van der Waals surface area contributed by atoms with Crippen LogP contribution in [0, 0.1) is 11.8 Å². The number of carboxylic acids is 1. The van der Waals surface area contributed by atoms with Crippen molar-refractivity contribution in [1.29, 1.82) is 0 Å². The molecule has 1 N–H and O–H groups in total. The van der Waals surface area contributed by atoms with Gasteiger partial charge in [0.15, 0.2) is 0 Å². The Kier molecular flexibility index (Phi) is 5.00. The van der Waals surface area contributed by atoms with Gasteiger partial charge in [-0.3, -0.25) is 0 Å². The van der Waals surface area contributed by atoms with Crippen LogP contribution in [0.15, 0.2) is 11.4 Å². The second kappa shape index (κ2) is 6.05. The summed E-state index contributed by atoms with van der Waals surface area (Å²) in [4.78, 5) is 13.6. The van der Waals surface area contributed by atoms with Crippen LogP contribution in [0.25, 0.3) is 0 Å². The molecule has 0 saturated carbocycles. The fourth-order valence-electron chi connectivity index (χ4n) is 1.77.